The summed E-state index contributed by atoms with van der Waals surface area (Å²) >= 11 is 0. The molecule has 7 heteroatoms. The third kappa shape index (κ3) is 5.13. The van der Waals surface area contributed by atoms with E-state index in [-0.39, 0.29) is 17.7 Å². The van der Waals surface area contributed by atoms with Gasteiger partial charge >= 0.3 is 8.80 Å². The molecule has 0 aromatic carbocycles. The standard InChI is InChI=1S/C11H21N3O3Si/c1-5-9(12)15-18(8-4,16-10(13)6-2)17-11(14)7-3/h8,12-14H,4-7H2,1-3H3. The minimum Gasteiger partial charge on any atom is -0.468 e. The summed E-state index contributed by atoms with van der Waals surface area (Å²) in [6.07, 6.45) is 1.15. The number of hydrogen-bond donors (Lipinski definition) is 3. The van der Waals surface area contributed by atoms with Crippen LogP contribution in [0, 0.1) is 16.2 Å². The average molecular weight is 271 g/mol. The lowest BCUT2D eigenvalue weighted by Gasteiger charge is -2.27. The van der Waals surface area contributed by atoms with Crippen molar-refractivity contribution in [1.82, 2.24) is 0 Å². The van der Waals surface area contributed by atoms with E-state index in [0.29, 0.717) is 19.3 Å². The monoisotopic (exact) mass is 271 g/mol. The normalized spacial score (nSPS) is 13.1. The van der Waals surface area contributed by atoms with Crippen molar-refractivity contribution in [1.29, 1.82) is 16.2 Å². The van der Waals surface area contributed by atoms with E-state index in [0.717, 1.165) is 0 Å². The first-order valence-electron chi connectivity index (χ1n) is 5.85. The van der Waals surface area contributed by atoms with Gasteiger partial charge in [-0.05, 0) is 0 Å². The second-order valence-corrected chi connectivity index (χ2v) is 5.67. The third-order valence-electron chi connectivity index (χ3n) is 2.01. The van der Waals surface area contributed by atoms with Gasteiger partial charge in [-0.3, -0.25) is 16.2 Å². The first-order valence-corrected chi connectivity index (χ1v) is 7.66. The fourth-order valence-corrected chi connectivity index (χ4v) is 2.76. The van der Waals surface area contributed by atoms with Gasteiger partial charge in [-0.1, -0.05) is 27.4 Å². The van der Waals surface area contributed by atoms with Gasteiger partial charge in [0.05, 0.1) is 0 Å². The highest BCUT2D eigenvalue weighted by atomic mass is 28.4. The smallest absolute Gasteiger partial charge is 0.468 e. The molecule has 3 N–H and O–H groups in total. The molecule has 0 radical (unpaired) electrons. The van der Waals surface area contributed by atoms with Crippen molar-refractivity contribution >= 4 is 26.5 Å². The predicted octanol–water partition coefficient (Wildman–Crippen LogP) is 2.86. The Hall–Kier alpha value is -1.63. The van der Waals surface area contributed by atoms with Crippen molar-refractivity contribution in [3.8, 4) is 0 Å². The summed E-state index contributed by atoms with van der Waals surface area (Å²) in [5, 5.41) is 22.7. The summed E-state index contributed by atoms with van der Waals surface area (Å²) < 4.78 is 16.1. The molecule has 0 aliphatic rings. The van der Waals surface area contributed by atoms with E-state index in [4.69, 9.17) is 29.5 Å². The summed E-state index contributed by atoms with van der Waals surface area (Å²) in [5.41, 5.74) is 1.34. The Balaban J connectivity index is 5.04. The Morgan fingerprint density at radius 1 is 0.889 bits per heavy atom. The van der Waals surface area contributed by atoms with E-state index in [2.05, 4.69) is 6.58 Å². The van der Waals surface area contributed by atoms with E-state index in [1.807, 2.05) is 0 Å². The second-order valence-electron chi connectivity index (χ2n) is 3.44. The minimum absolute atomic E-state index is 0.00521. The SMILES string of the molecule is C=C[Si](OC(=N)CC)(OC(=N)CC)OC(=N)CC. The zero-order chi connectivity index (χ0) is 14.2. The molecule has 6 nitrogen and oxygen atoms in total. The number of rotatable bonds is 7. The first-order chi connectivity index (χ1) is 8.42. The molecule has 0 bridgehead atoms. The largest absolute Gasteiger partial charge is 0.731 e. The number of hydrogen-bond acceptors (Lipinski definition) is 6. The average Bonchev–Trinajstić information content (AvgIpc) is 2.37. The molecule has 0 saturated heterocycles. The van der Waals surface area contributed by atoms with Crippen LogP contribution in [-0.4, -0.2) is 26.5 Å². The van der Waals surface area contributed by atoms with Crippen LogP contribution in [0.2, 0.25) is 0 Å². The van der Waals surface area contributed by atoms with Crippen LogP contribution >= 0.6 is 0 Å². The van der Waals surface area contributed by atoms with Crippen LogP contribution in [0.3, 0.4) is 0 Å². The molecule has 0 saturated carbocycles. The van der Waals surface area contributed by atoms with Crippen molar-refractivity contribution < 1.29 is 13.3 Å². The lowest BCUT2D eigenvalue weighted by Crippen LogP contribution is -2.48. The van der Waals surface area contributed by atoms with Crippen LogP contribution in [0.4, 0.5) is 0 Å². The zero-order valence-corrected chi connectivity index (χ0v) is 12.1. The second kappa shape index (κ2) is 7.65. The molecule has 0 atom stereocenters. The van der Waals surface area contributed by atoms with Crippen molar-refractivity contribution in [2.45, 2.75) is 40.0 Å². The summed E-state index contributed by atoms with van der Waals surface area (Å²) in [7, 11) is -3.43. The molecule has 0 amide bonds. The fourth-order valence-electron chi connectivity index (χ4n) is 0.919. The summed E-state index contributed by atoms with van der Waals surface area (Å²) in [6.45, 7) is 8.89. The quantitative estimate of drug-likeness (QED) is 0.377. The third-order valence-corrected chi connectivity index (χ3v) is 4.10. The Morgan fingerprint density at radius 2 is 1.17 bits per heavy atom. The van der Waals surface area contributed by atoms with Gasteiger partial charge in [-0.25, -0.2) is 0 Å². The molecule has 0 aromatic rings. The van der Waals surface area contributed by atoms with Crippen LogP contribution in [-0.2, 0) is 13.3 Å². The maximum atomic E-state index is 7.56. The molecule has 0 fully saturated rings. The zero-order valence-electron chi connectivity index (χ0n) is 11.1. The Morgan fingerprint density at radius 3 is 1.33 bits per heavy atom. The van der Waals surface area contributed by atoms with E-state index in [1.165, 1.54) is 5.70 Å². The highest BCUT2D eigenvalue weighted by Gasteiger charge is 2.47. The number of nitrogens with one attached hydrogen (secondary N) is 3. The van der Waals surface area contributed by atoms with Gasteiger partial charge in [0, 0.05) is 25.0 Å². The molecular formula is C11H21N3O3Si. The Labute approximate surface area is 109 Å². The van der Waals surface area contributed by atoms with Gasteiger partial charge in [-0.2, -0.15) is 0 Å². The lowest BCUT2D eigenvalue weighted by atomic mass is 10.5. The van der Waals surface area contributed by atoms with E-state index in [1.54, 1.807) is 20.8 Å². The molecule has 0 unspecified atom stereocenters. The van der Waals surface area contributed by atoms with E-state index in [9.17, 15) is 0 Å². The maximum Gasteiger partial charge on any atom is 0.731 e. The highest BCUT2D eigenvalue weighted by molar-refractivity contribution is 6.70. The molecule has 18 heavy (non-hydrogen) atoms. The first kappa shape index (κ1) is 16.4. The Kier molecular flexibility index (Phi) is 6.95. The van der Waals surface area contributed by atoms with E-state index >= 15 is 0 Å². The van der Waals surface area contributed by atoms with Crippen molar-refractivity contribution in [3.05, 3.63) is 12.3 Å². The summed E-state index contributed by atoms with van der Waals surface area (Å²) in [6, 6.07) is 0. The van der Waals surface area contributed by atoms with Gasteiger partial charge in [0.2, 0.25) is 0 Å². The summed E-state index contributed by atoms with van der Waals surface area (Å²) in [4.78, 5) is 0. The maximum absolute atomic E-state index is 7.56. The van der Waals surface area contributed by atoms with Gasteiger partial charge in [0.1, 0.15) is 0 Å². The van der Waals surface area contributed by atoms with E-state index < -0.39 is 8.80 Å². The molecular weight excluding hydrogens is 250 g/mol. The van der Waals surface area contributed by atoms with Crippen molar-refractivity contribution in [2.24, 2.45) is 0 Å². The molecule has 0 aromatic heterocycles. The van der Waals surface area contributed by atoms with Crippen LogP contribution < -0.4 is 0 Å². The molecule has 0 rings (SSSR count). The molecule has 0 spiro atoms. The van der Waals surface area contributed by atoms with Crippen molar-refractivity contribution in [3.63, 3.8) is 0 Å². The van der Waals surface area contributed by atoms with Gasteiger partial charge < -0.3 is 13.3 Å². The van der Waals surface area contributed by atoms with Crippen molar-refractivity contribution in [2.75, 3.05) is 0 Å². The van der Waals surface area contributed by atoms with Crippen LogP contribution in [0.1, 0.15) is 40.0 Å². The molecule has 0 aliphatic carbocycles. The minimum atomic E-state index is -3.43. The Bertz CT molecular complexity index is 299. The topological polar surface area (TPSA) is 99.2 Å². The fraction of sp³-hybridized carbons (Fsp3) is 0.545. The van der Waals surface area contributed by atoms with Crippen LogP contribution in [0.5, 0.6) is 0 Å². The van der Waals surface area contributed by atoms with Crippen LogP contribution in [0.15, 0.2) is 12.3 Å². The molecule has 0 heterocycles. The summed E-state index contributed by atoms with van der Waals surface area (Å²) in [5.74, 6) is -0.0156. The molecule has 102 valence electrons. The van der Waals surface area contributed by atoms with Gasteiger partial charge in [0.25, 0.3) is 0 Å². The highest BCUT2D eigenvalue weighted by Crippen LogP contribution is 2.15. The van der Waals surface area contributed by atoms with Gasteiger partial charge in [-0.15, -0.1) is 0 Å². The predicted molar refractivity (Wildman–Crippen MR) is 73.3 cm³/mol. The lowest BCUT2D eigenvalue weighted by molar-refractivity contribution is 0.250. The molecule has 0 aliphatic heterocycles. The van der Waals surface area contributed by atoms with Gasteiger partial charge in [0.15, 0.2) is 17.7 Å². The van der Waals surface area contributed by atoms with Crippen LogP contribution in [0.25, 0.3) is 0 Å².